The summed E-state index contributed by atoms with van der Waals surface area (Å²) in [7, 11) is 0. The second-order valence-corrected chi connectivity index (χ2v) is 9.26. The van der Waals surface area contributed by atoms with Crippen molar-refractivity contribution in [1.29, 1.82) is 0 Å². The van der Waals surface area contributed by atoms with Gasteiger partial charge in [-0.3, -0.25) is 4.79 Å². The molecule has 164 valence electrons. The smallest absolute Gasteiger partial charge is 0.414 e. The highest BCUT2D eigenvalue weighted by atomic mass is 32.1. The Hall–Kier alpha value is -2.82. The van der Waals surface area contributed by atoms with Gasteiger partial charge in [-0.15, -0.1) is 22.7 Å². The number of anilines is 1. The number of rotatable bonds is 3. The topological polar surface area (TPSA) is 121 Å². The van der Waals surface area contributed by atoms with Gasteiger partial charge in [0, 0.05) is 18.9 Å². The molecule has 0 aliphatic carbocycles. The van der Waals surface area contributed by atoms with E-state index in [1.807, 2.05) is 6.07 Å². The molecule has 0 saturated heterocycles. The molecule has 0 radical (unpaired) electrons. The number of carbonyl (C=O) groups excluding carboxylic acids is 1. The van der Waals surface area contributed by atoms with E-state index in [1.54, 1.807) is 34.5 Å². The van der Waals surface area contributed by atoms with Crippen molar-refractivity contribution in [3.8, 4) is 10.6 Å². The lowest BCUT2D eigenvalue weighted by molar-refractivity contribution is -0.911. The summed E-state index contributed by atoms with van der Waals surface area (Å²) in [5, 5.41) is 19.8. The van der Waals surface area contributed by atoms with E-state index in [2.05, 4.69) is 30.4 Å². The van der Waals surface area contributed by atoms with Gasteiger partial charge in [0.15, 0.2) is 0 Å². The van der Waals surface area contributed by atoms with E-state index in [-0.39, 0.29) is 5.91 Å². The van der Waals surface area contributed by atoms with Gasteiger partial charge in [0.2, 0.25) is 5.91 Å². The fourth-order valence-corrected chi connectivity index (χ4v) is 5.98. The van der Waals surface area contributed by atoms with Crippen LogP contribution >= 0.6 is 22.7 Å². The lowest BCUT2D eigenvalue weighted by atomic mass is 10.1. The molecule has 1 amide bonds. The Morgan fingerprint density at radius 1 is 1.16 bits per heavy atom. The Bertz CT molecular complexity index is 1080. The quantitative estimate of drug-likeness (QED) is 0.444. The molecule has 3 heterocycles. The van der Waals surface area contributed by atoms with Gasteiger partial charge in [-0.05, 0) is 31.0 Å². The van der Waals surface area contributed by atoms with Gasteiger partial charge >= 0.3 is 11.9 Å². The lowest BCUT2D eigenvalue weighted by Crippen LogP contribution is -3.10. The number of aromatic nitrogens is 1. The van der Waals surface area contributed by atoms with E-state index >= 15 is 0 Å². The predicted molar refractivity (Wildman–Crippen MR) is 121 cm³/mol. The van der Waals surface area contributed by atoms with Crippen LogP contribution in [-0.2, 0) is 27.3 Å². The van der Waals surface area contributed by atoms with E-state index in [4.69, 9.17) is 24.8 Å². The van der Waals surface area contributed by atoms with Crippen LogP contribution in [0.15, 0.2) is 24.3 Å². The van der Waals surface area contributed by atoms with Crippen molar-refractivity contribution in [2.45, 2.75) is 33.2 Å². The summed E-state index contributed by atoms with van der Waals surface area (Å²) in [4.78, 5) is 37.8. The predicted octanol–water partition coefficient (Wildman–Crippen LogP) is 2.49. The second-order valence-electron chi connectivity index (χ2n) is 7.12. The molecular formula is C21H24N3O5S2+. The molecule has 4 rings (SSSR count). The van der Waals surface area contributed by atoms with Crippen LogP contribution in [0.2, 0.25) is 0 Å². The molecule has 1 unspecified atom stereocenters. The first-order chi connectivity index (χ1) is 14.8. The molecule has 0 saturated carbocycles. The van der Waals surface area contributed by atoms with E-state index in [9.17, 15) is 4.79 Å². The molecule has 8 nitrogen and oxygen atoms in total. The first-order valence-corrected chi connectivity index (χ1v) is 11.5. The van der Waals surface area contributed by atoms with E-state index in [0.29, 0.717) is 0 Å². The van der Waals surface area contributed by atoms with Crippen LogP contribution in [0.5, 0.6) is 0 Å². The minimum Gasteiger partial charge on any atom is -0.473 e. The highest BCUT2D eigenvalue weighted by molar-refractivity contribution is 7.22. The third-order valence-electron chi connectivity index (χ3n) is 4.94. The van der Waals surface area contributed by atoms with Gasteiger partial charge in [0.25, 0.3) is 0 Å². The number of thiazole rings is 1. The monoisotopic (exact) mass is 462 g/mol. The van der Waals surface area contributed by atoms with Crippen LogP contribution in [0, 0.1) is 0 Å². The third-order valence-corrected chi connectivity index (χ3v) is 7.14. The van der Waals surface area contributed by atoms with Crippen LogP contribution in [0.25, 0.3) is 20.8 Å². The minimum atomic E-state index is -1.82. The highest BCUT2D eigenvalue weighted by Gasteiger charge is 2.27. The largest absolute Gasteiger partial charge is 0.473 e. The number of carboxylic acid groups (broad SMARTS) is 2. The number of benzene rings is 1. The van der Waals surface area contributed by atoms with Crippen molar-refractivity contribution >= 4 is 55.7 Å². The van der Waals surface area contributed by atoms with Crippen molar-refractivity contribution in [3.63, 3.8) is 0 Å². The number of hydrogen-bond acceptors (Lipinski definition) is 6. The number of para-hydroxylation sites is 1. The number of aliphatic carboxylic acids is 2. The van der Waals surface area contributed by atoms with Gasteiger partial charge in [-0.25, -0.2) is 14.6 Å². The Morgan fingerprint density at radius 2 is 1.87 bits per heavy atom. The summed E-state index contributed by atoms with van der Waals surface area (Å²) in [6.45, 7) is 7.23. The standard InChI is InChI=1S/C19H21N3OS2.C2H2O4/c1-3-22-10-6-7-13-16(11-22)25-18(20-12(2)23)17(13)19-21-14-8-4-5-9-15(14)24-19;3-1(4)2(5)6/h4-5,8-9H,3,6-7,10-11H2,1-2H3,(H,20,23);(H,3,4)(H,5,6)/p+1. The number of fused-ring (bicyclic) bond motifs is 2. The molecule has 3 aromatic rings. The summed E-state index contributed by atoms with van der Waals surface area (Å²) in [6, 6.07) is 8.25. The number of nitrogens with zero attached hydrogens (tertiary/aromatic N) is 1. The van der Waals surface area contributed by atoms with Gasteiger partial charge < -0.3 is 20.4 Å². The molecule has 1 aliphatic rings. The number of thiophene rings is 1. The fourth-order valence-electron chi connectivity index (χ4n) is 3.51. The zero-order valence-corrected chi connectivity index (χ0v) is 18.9. The number of quaternary nitrogens is 1. The molecule has 2 aromatic heterocycles. The highest BCUT2D eigenvalue weighted by Crippen LogP contribution is 2.44. The molecule has 4 N–H and O–H groups in total. The van der Waals surface area contributed by atoms with Crippen LogP contribution in [0.1, 0.15) is 30.7 Å². The van der Waals surface area contributed by atoms with Gasteiger partial charge in [-0.1, -0.05) is 12.1 Å². The Kier molecular flexibility index (Phi) is 7.37. The van der Waals surface area contributed by atoms with Gasteiger partial charge in [0.1, 0.15) is 16.6 Å². The Labute approximate surface area is 187 Å². The maximum Gasteiger partial charge on any atom is 0.414 e. The molecule has 0 spiro atoms. The van der Waals surface area contributed by atoms with Crippen LogP contribution in [-0.4, -0.2) is 46.1 Å². The first kappa shape index (κ1) is 22.9. The minimum absolute atomic E-state index is 0.0153. The van der Waals surface area contributed by atoms with Crippen LogP contribution in [0.3, 0.4) is 0 Å². The summed E-state index contributed by atoms with van der Waals surface area (Å²) in [5.74, 6) is -3.66. The SMILES string of the molecule is CC[NH+]1CCCc2c(sc(NC(C)=O)c2-c2nc3ccccc3s2)C1.O=C(O)C(=O)O. The maximum atomic E-state index is 11.7. The molecule has 31 heavy (non-hydrogen) atoms. The zero-order valence-electron chi connectivity index (χ0n) is 17.2. The number of carbonyl (C=O) groups is 3. The second kappa shape index (κ2) is 9.99. The maximum absolute atomic E-state index is 11.7. The van der Waals surface area contributed by atoms with Crippen molar-refractivity contribution in [2.75, 3.05) is 18.4 Å². The Balaban J connectivity index is 0.000000401. The molecule has 0 fully saturated rings. The summed E-state index contributed by atoms with van der Waals surface area (Å²) in [6.07, 6.45) is 2.25. The van der Waals surface area contributed by atoms with Gasteiger partial charge in [0.05, 0.1) is 28.2 Å². The molecule has 10 heteroatoms. The number of amides is 1. The average Bonchev–Trinajstić information content (AvgIpc) is 3.21. The van der Waals surface area contributed by atoms with E-state index in [1.165, 1.54) is 28.1 Å². The molecular weight excluding hydrogens is 438 g/mol. The van der Waals surface area contributed by atoms with Crippen LogP contribution < -0.4 is 10.2 Å². The van der Waals surface area contributed by atoms with Crippen molar-refractivity contribution in [3.05, 3.63) is 34.7 Å². The number of nitrogens with one attached hydrogen (secondary N) is 2. The number of hydrogen-bond donors (Lipinski definition) is 4. The van der Waals surface area contributed by atoms with Crippen molar-refractivity contribution in [1.82, 2.24) is 4.98 Å². The molecule has 1 aliphatic heterocycles. The average molecular weight is 463 g/mol. The third kappa shape index (κ3) is 5.46. The van der Waals surface area contributed by atoms with E-state index in [0.717, 1.165) is 40.6 Å². The zero-order chi connectivity index (χ0) is 22.5. The van der Waals surface area contributed by atoms with Crippen molar-refractivity contribution in [2.24, 2.45) is 0 Å². The molecule has 1 aromatic carbocycles. The summed E-state index contributed by atoms with van der Waals surface area (Å²) in [5.41, 5.74) is 3.59. The first-order valence-electron chi connectivity index (χ1n) is 9.88. The van der Waals surface area contributed by atoms with Gasteiger partial charge in [-0.2, -0.15) is 0 Å². The Morgan fingerprint density at radius 3 is 2.48 bits per heavy atom. The van der Waals surface area contributed by atoms with Crippen LogP contribution in [0.4, 0.5) is 5.00 Å². The fraction of sp³-hybridized carbons (Fsp3) is 0.333. The summed E-state index contributed by atoms with van der Waals surface area (Å²) >= 11 is 3.46. The van der Waals surface area contributed by atoms with E-state index < -0.39 is 11.9 Å². The number of carboxylic acids is 2. The van der Waals surface area contributed by atoms with Crippen molar-refractivity contribution < 1.29 is 29.5 Å². The molecule has 1 atom stereocenters. The summed E-state index contributed by atoms with van der Waals surface area (Å²) < 4.78 is 1.20. The molecule has 0 bridgehead atoms. The lowest BCUT2D eigenvalue weighted by Gasteiger charge is -2.13. The normalized spacial score (nSPS) is 15.4.